The van der Waals surface area contributed by atoms with Gasteiger partial charge in [-0.3, -0.25) is 5.10 Å². The number of nitrogens with zero attached hydrogens (tertiary/aromatic N) is 3. The number of halogens is 1. The molecule has 0 bridgehead atoms. The third kappa shape index (κ3) is 3.00. The van der Waals surface area contributed by atoms with Crippen molar-refractivity contribution in [3.05, 3.63) is 34.3 Å². The molecule has 0 spiro atoms. The second-order valence-electron chi connectivity index (χ2n) is 4.29. The van der Waals surface area contributed by atoms with E-state index in [1.54, 1.807) is 19.1 Å². The van der Waals surface area contributed by atoms with Crippen molar-refractivity contribution >= 4 is 31.6 Å². The molecule has 0 unspecified atom stereocenters. The highest BCUT2D eigenvalue weighted by atomic mass is 79.9. The predicted octanol–water partition coefficient (Wildman–Crippen LogP) is 1.28. The minimum atomic E-state index is -3.64. The van der Waals surface area contributed by atoms with E-state index < -0.39 is 10.0 Å². The summed E-state index contributed by atoms with van der Waals surface area (Å²) in [6, 6.07) is 4.56. The van der Waals surface area contributed by atoms with E-state index in [1.807, 2.05) is 0 Å². The van der Waals surface area contributed by atoms with E-state index in [2.05, 4.69) is 31.1 Å². The number of sulfonamides is 1. The Kier molecular flexibility index (Phi) is 4.11. The lowest BCUT2D eigenvalue weighted by Crippen LogP contribution is -2.27. The van der Waals surface area contributed by atoms with Gasteiger partial charge in [0.2, 0.25) is 10.0 Å². The quantitative estimate of drug-likeness (QED) is 0.799. The first-order chi connectivity index (χ1) is 9.30. The molecule has 0 aliphatic rings. The molecule has 3 N–H and O–H groups in total. The molecule has 0 saturated carbocycles. The smallest absolute Gasteiger partial charge is 0.244 e. The van der Waals surface area contributed by atoms with Crippen molar-refractivity contribution in [2.75, 3.05) is 12.8 Å². The molecule has 0 radical (unpaired) electrons. The molecular weight excluding hydrogens is 346 g/mol. The van der Waals surface area contributed by atoms with E-state index in [9.17, 15) is 8.42 Å². The fourth-order valence-electron chi connectivity index (χ4n) is 1.64. The molecule has 108 valence electrons. The van der Waals surface area contributed by atoms with Gasteiger partial charge in [0.05, 0.1) is 11.4 Å². The summed E-state index contributed by atoms with van der Waals surface area (Å²) in [7, 11) is -2.16. The van der Waals surface area contributed by atoms with Crippen LogP contribution in [0.25, 0.3) is 0 Å². The number of aromatic nitrogens is 3. The summed E-state index contributed by atoms with van der Waals surface area (Å²) in [5.74, 6) is 1.06. The molecule has 9 heteroatoms. The highest BCUT2D eigenvalue weighted by molar-refractivity contribution is 9.10. The van der Waals surface area contributed by atoms with E-state index in [-0.39, 0.29) is 11.4 Å². The summed E-state index contributed by atoms with van der Waals surface area (Å²) < 4.78 is 26.5. The van der Waals surface area contributed by atoms with Crippen molar-refractivity contribution in [2.45, 2.75) is 18.4 Å². The van der Waals surface area contributed by atoms with Crippen LogP contribution in [-0.2, 0) is 16.6 Å². The van der Waals surface area contributed by atoms with E-state index in [0.717, 1.165) is 0 Å². The van der Waals surface area contributed by atoms with Crippen LogP contribution < -0.4 is 5.73 Å². The molecule has 0 amide bonds. The van der Waals surface area contributed by atoms with Gasteiger partial charge in [0.1, 0.15) is 5.82 Å². The van der Waals surface area contributed by atoms with E-state index in [0.29, 0.717) is 21.8 Å². The lowest BCUT2D eigenvalue weighted by atomic mass is 10.3. The lowest BCUT2D eigenvalue weighted by molar-refractivity contribution is 0.457. The molecule has 0 atom stereocenters. The molecule has 0 saturated heterocycles. The highest BCUT2D eigenvalue weighted by Crippen LogP contribution is 2.26. The fraction of sp³-hybridized carbons (Fsp3) is 0.273. The Bertz CT molecular complexity index is 728. The van der Waals surface area contributed by atoms with E-state index in [4.69, 9.17) is 5.73 Å². The summed E-state index contributed by atoms with van der Waals surface area (Å²) in [5.41, 5.74) is 6.10. The van der Waals surface area contributed by atoms with Gasteiger partial charge in [-0.1, -0.05) is 0 Å². The lowest BCUT2D eigenvalue weighted by Gasteiger charge is -2.16. The van der Waals surface area contributed by atoms with Crippen LogP contribution in [0.1, 0.15) is 11.6 Å². The Morgan fingerprint density at radius 3 is 2.70 bits per heavy atom. The maximum absolute atomic E-state index is 12.5. The number of aromatic amines is 1. The average Bonchev–Trinajstić information content (AvgIpc) is 2.74. The third-order valence-corrected chi connectivity index (χ3v) is 5.43. The Balaban J connectivity index is 2.29. The van der Waals surface area contributed by atoms with Gasteiger partial charge in [-0.25, -0.2) is 13.4 Å². The number of anilines is 1. The maximum atomic E-state index is 12.5. The monoisotopic (exact) mass is 359 g/mol. The minimum absolute atomic E-state index is 0.0868. The normalized spacial score (nSPS) is 12.0. The first kappa shape index (κ1) is 14.9. The van der Waals surface area contributed by atoms with Crippen molar-refractivity contribution in [1.29, 1.82) is 0 Å². The van der Waals surface area contributed by atoms with Crippen LogP contribution in [0.2, 0.25) is 0 Å². The van der Waals surface area contributed by atoms with Crippen molar-refractivity contribution in [2.24, 2.45) is 0 Å². The number of H-pyrrole nitrogens is 1. The first-order valence-electron chi connectivity index (χ1n) is 5.70. The Morgan fingerprint density at radius 1 is 1.45 bits per heavy atom. The Hall–Kier alpha value is -1.45. The van der Waals surface area contributed by atoms with Crippen molar-refractivity contribution in [3.8, 4) is 0 Å². The van der Waals surface area contributed by atoms with Crippen LogP contribution >= 0.6 is 15.9 Å². The Morgan fingerprint density at radius 2 is 2.15 bits per heavy atom. The summed E-state index contributed by atoms with van der Waals surface area (Å²) in [6.45, 7) is 1.84. The van der Waals surface area contributed by atoms with Gasteiger partial charge in [-0.05, 0) is 41.1 Å². The SMILES string of the molecule is Cc1nc(CN(C)S(=O)(=O)c2ccc(N)cc2Br)n[nH]1. The standard InChI is InChI=1S/C11H14BrN5O2S/c1-7-14-11(16-15-7)6-17(2)20(18,19)10-4-3-8(13)5-9(10)12/h3-5H,6,13H2,1-2H3,(H,14,15,16). The summed E-state index contributed by atoms with van der Waals surface area (Å²) in [6.07, 6.45) is 0. The molecule has 0 aliphatic carbocycles. The van der Waals surface area contributed by atoms with Crippen LogP contribution in [-0.4, -0.2) is 35.0 Å². The second-order valence-corrected chi connectivity index (χ2v) is 7.16. The molecule has 1 heterocycles. The van der Waals surface area contributed by atoms with Gasteiger partial charge >= 0.3 is 0 Å². The van der Waals surface area contributed by atoms with Crippen molar-refractivity contribution in [1.82, 2.24) is 19.5 Å². The number of rotatable bonds is 4. The number of nitrogens with one attached hydrogen (secondary N) is 1. The number of hydrogen-bond donors (Lipinski definition) is 2. The van der Waals surface area contributed by atoms with Gasteiger partial charge in [0.15, 0.2) is 5.82 Å². The van der Waals surface area contributed by atoms with E-state index in [1.165, 1.54) is 17.4 Å². The molecule has 0 aliphatic heterocycles. The molecule has 7 nitrogen and oxygen atoms in total. The largest absolute Gasteiger partial charge is 0.399 e. The molecule has 1 aromatic heterocycles. The second kappa shape index (κ2) is 5.51. The third-order valence-electron chi connectivity index (χ3n) is 2.65. The number of aryl methyl sites for hydroxylation is 1. The Labute approximate surface area is 125 Å². The van der Waals surface area contributed by atoms with Crippen molar-refractivity contribution < 1.29 is 8.42 Å². The molecule has 2 aromatic rings. The highest BCUT2D eigenvalue weighted by Gasteiger charge is 2.24. The number of hydrogen-bond acceptors (Lipinski definition) is 5. The van der Waals surface area contributed by atoms with Gasteiger partial charge < -0.3 is 5.73 Å². The van der Waals surface area contributed by atoms with Crippen LogP contribution in [0.4, 0.5) is 5.69 Å². The van der Waals surface area contributed by atoms with Gasteiger partial charge in [-0.15, -0.1) is 0 Å². The van der Waals surface area contributed by atoms with Gasteiger partial charge in [0.25, 0.3) is 0 Å². The minimum Gasteiger partial charge on any atom is -0.399 e. The zero-order chi connectivity index (χ0) is 14.9. The number of benzene rings is 1. The molecule has 1 aromatic carbocycles. The average molecular weight is 360 g/mol. The molecule has 0 fully saturated rings. The van der Waals surface area contributed by atoms with Gasteiger partial charge in [-0.2, -0.15) is 9.40 Å². The number of nitrogens with two attached hydrogens (primary N) is 1. The fourth-order valence-corrected chi connectivity index (χ4v) is 3.81. The molecule has 2 rings (SSSR count). The van der Waals surface area contributed by atoms with Crippen LogP contribution in [0.5, 0.6) is 0 Å². The summed E-state index contributed by atoms with van der Waals surface area (Å²) in [5, 5.41) is 6.60. The molecule has 20 heavy (non-hydrogen) atoms. The molecular formula is C11H14BrN5O2S. The topological polar surface area (TPSA) is 105 Å². The first-order valence-corrected chi connectivity index (χ1v) is 7.93. The zero-order valence-electron chi connectivity index (χ0n) is 11.0. The number of nitrogen functional groups attached to an aromatic ring is 1. The van der Waals surface area contributed by atoms with Crippen LogP contribution in [0, 0.1) is 6.92 Å². The summed E-state index contributed by atoms with van der Waals surface area (Å²) in [4.78, 5) is 4.24. The maximum Gasteiger partial charge on any atom is 0.244 e. The van der Waals surface area contributed by atoms with Crippen LogP contribution in [0.3, 0.4) is 0 Å². The van der Waals surface area contributed by atoms with E-state index >= 15 is 0 Å². The zero-order valence-corrected chi connectivity index (χ0v) is 13.4. The van der Waals surface area contributed by atoms with Gasteiger partial charge in [0, 0.05) is 17.2 Å². The summed E-state index contributed by atoms with van der Waals surface area (Å²) >= 11 is 3.22. The predicted molar refractivity (Wildman–Crippen MR) is 78.3 cm³/mol. The van der Waals surface area contributed by atoms with Crippen LogP contribution in [0.15, 0.2) is 27.6 Å². The van der Waals surface area contributed by atoms with Crippen molar-refractivity contribution in [3.63, 3.8) is 0 Å².